The minimum Gasteiger partial charge on any atom is -0.468 e. The van der Waals surface area contributed by atoms with Gasteiger partial charge in [-0.05, 0) is 49.9 Å². The molecule has 2 aromatic heterocycles. The summed E-state index contributed by atoms with van der Waals surface area (Å²) in [6.45, 7) is 1.71. The molecule has 0 aliphatic heterocycles. The van der Waals surface area contributed by atoms with E-state index in [9.17, 15) is 9.36 Å². The molecule has 0 spiro atoms. The molecule has 1 saturated carbocycles. The van der Waals surface area contributed by atoms with Crippen molar-refractivity contribution in [1.29, 1.82) is 0 Å². The normalized spacial score (nSPS) is 20.0. The van der Waals surface area contributed by atoms with Gasteiger partial charge in [0.2, 0.25) is 5.95 Å². The molecule has 0 amide bonds. The molecular weight excluding hydrogens is 541 g/mol. The quantitative estimate of drug-likeness (QED) is 0.243. The lowest BCUT2D eigenvalue weighted by atomic mass is 9.81. The van der Waals surface area contributed by atoms with Crippen LogP contribution in [0.2, 0.25) is 0 Å². The molecule has 4 N–H and O–H groups in total. The molecule has 4 rings (SSSR count). The maximum atomic E-state index is 13.5. The fraction of sp³-hybridized carbons (Fsp3) is 0.429. The smallest absolute Gasteiger partial charge is 0.459 e. The predicted octanol–water partition coefficient (Wildman–Crippen LogP) is 3.52. The first-order valence-electron chi connectivity index (χ1n) is 10.9. The molecule has 1 aliphatic carbocycles. The van der Waals surface area contributed by atoms with Gasteiger partial charge in [0.15, 0.2) is 17.0 Å². The number of imidazole rings is 1. The molecule has 0 bridgehead atoms. The number of rotatable bonds is 10. The summed E-state index contributed by atoms with van der Waals surface area (Å²) in [5, 5.41) is 5.65. The zero-order valence-electron chi connectivity index (χ0n) is 19.5. The van der Waals surface area contributed by atoms with Gasteiger partial charge in [0, 0.05) is 17.6 Å². The van der Waals surface area contributed by atoms with Gasteiger partial charge in [-0.3, -0.25) is 9.32 Å². The summed E-state index contributed by atoms with van der Waals surface area (Å²) < 4.78 is 32.5. The molecule has 12 nitrogen and oxygen atoms in total. The Balaban J connectivity index is 1.42. The molecular formula is C21H27BrN7O5P. The second kappa shape index (κ2) is 10.5. The molecule has 2 heterocycles. The molecule has 0 saturated heterocycles. The zero-order valence-corrected chi connectivity index (χ0v) is 22.0. The van der Waals surface area contributed by atoms with Crippen molar-refractivity contribution in [3.63, 3.8) is 0 Å². The number of nitrogens with one attached hydrogen (secondary N) is 2. The van der Waals surface area contributed by atoms with Crippen LogP contribution in [0.3, 0.4) is 0 Å². The lowest BCUT2D eigenvalue weighted by Crippen LogP contribution is -2.36. The van der Waals surface area contributed by atoms with Crippen molar-refractivity contribution in [2.75, 3.05) is 31.8 Å². The number of aromatic nitrogens is 4. The standard InChI is InChI=1S/C21H27BrN7O5P/c1-12(20(30)32-3)28-35(31,34-16-6-4-14(22)5-7-16)33-10-13-8-15(9-13)29-11-25-17-18(24-2)26-21(23)27-19(17)29/h4-7,11-13,15H,8-10H2,1-3H3,(H,28,31)(H3,23,24,26,27)/t12-,13?,15?,35?/m0/s1. The number of benzene rings is 1. The Kier molecular flexibility index (Phi) is 7.60. The van der Waals surface area contributed by atoms with E-state index in [2.05, 4.69) is 41.3 Å². The number of nitrogens with two attached hydrogens (primary N) is 1. The maximum absolute atomic E-state index is 13.5. The highest BCUT2D eigenvalue weighted by atomic mass is 79.9. The average molecular weight is 568 g/mol. The minimum atomic E-state index is -3.88. The van der Waals surface area contributed by atoms with Crippen LogP contribution < -0.4 is 20.7 Å². The minimum absolute atomic E-state index is 0.123. The summed E-state index contributed by atoms with van der Waals surface area (Å²) in [4.78, 5) is 24.8. The second-order valence-corrected chi connectivity index (χ2v) is 10.8. The Morgan fingerprint density at radius 2 is 2.03 bits per heavy atom. The monoisotopic (exact) mass is 567 g/mol. The Hall–Kier alpha value is -2.73. The number of halogens is 1. The van der Waals surface area contributed by atoms with Gasteiger partial charge in [-0.2, -0.15) is 15.1 Å². The van der Waals surface area contributed by atoms with Gasteiger partial charge >= 0.3 is 13.7 Å². The Morgan fingerprint density at radius 3 is 2.69 bits per heavy atom. The van der Waals surface area contributed by atoms with Crippen LogP contribution in [0.5, 0.6) is 5.75 Å². The van der Waals surface area contributed by atoms with E-state index in [0.717, 1.165) is 17.3 Å². The third-order valence-corrected chi connectivity index (χ3v) is 7.88. The number of ether oxygens (including phenoxy) is 1. The number of fused-ring (bicyclic) bond motifs is 1. The summed E-state index contributed by atoms with van der Waals surface area (Å²) in [5.41, 5.74) is 7.15. The van der Waals surface area contributed by atoms with E-state index < -0.39 is 19.8 Å². The lowest BCUT2D eigenvalue weighted by molar-refractivity contribution is -0.142. The van der Waals surface area contributed by atoms with E-state index in [-0.39, 0.29) is 24.5 Å². The molecule has 2 atom stereocenters. The van der Waals surface area contributed by atoms with Gasteiger partial charge in [-0.25, -0.2) is 9.55 Å². The predicted molar refractivity (Wildman–Crippen MR) is 134 cm³/mol. The lowest BCUT2D eigenvalue weighted by Gasteiger charge is -2.36. The highest BCUT2D eigenvalue weighted by Crippen LogP contribution is 2.48. The van der Waals surface area contributed by atoms with Gasteiger partial charge in [-0.15, -0.1) is 0 Å². The van der Waals surface area contributed by atoms with Crippen LogP contribution in [-0.4, -0.2) is 52.3 Å². The van der Waals surface area contributed by atoms with E-state index in [1.807, 2.05) is 4.57 Å². The van der Waals surface area contributed by atoms with E-state index >= 15 is 0 Å². The van der Waals surface area contributed by atoms with Crippen molar-refractivity contribution in [2.45, 2.75) is 31.8 Å². The van der Waals surface area contributed by atoms with Crippen molar-refractivity contribution in [1.82, 2.24) is 24.6 Å². The first-order valence-corrected chi connectivity index (χ1v) is 13.3. The van der Waals surface area contributed by atoms with E-state index in [1.165, 1.54) is 14.0 Å². The van der Waals surface area contributed by atoms with Crippen LogP contribution in [0.1, 0.15) is 25.8 Å². The van der Waals surface area contributed by atoms with Crippen molar-refractivity contribution in [2.24, 2.45) is 5.92 Å². The average Bonchev–Trinajstić information content (AvgIpc) is 3.21. The first kappa shape index (κ1) is 25.4. The van der Waals surface area contributed by atoms with Gasteiger partial charge < -0.3 is 24.9 Å². The van der Waals surface area contributed by atoms with Gasteiger partial charge in [-0.1, -0.05) is 15.9 Å². The van der Waals surface area contributed by atoms with E-state index in [1.54, 1.807) is 37.6 Å². The van der Waals surface area contributed by atoms with E-state index in [4.69, 9.17) is 19.5 Å². The van der Waals surface area contributed by atoms with Crippen molar-refractivity contribution in [3.8, 4) is 5.75 Å². The number of hydrogen-bond donors (Lipinski definition) is 3. The Labute approximate surface area is 210 Å². The molecule has 0 radical (unpaired) electrons. The second-order valence-electron chi connectivity index (χ2n) is 8.21. The van der Waals surface area contributed by atoms with Crippen LogP contribution in [0.15, 0.2) is 35.1 Å². The highest BCUT2D eigenvalue weighted by Gasteiger charge is 2.37. The van der Waals surface area contributed by atoms with Gasteiger partial charge in [0.1, 0.15) is 11.8 Å². The van der Waals surface area contributed by atoms with Crippen LogP contribution in [0.25, 0.3) is 11.2 Å². The number of methoxy groups -OCH3 is 1. The Bertz CT molecular complexity index is 1250. The SMILES string of the molecule is CNc1nc(N)nc2c1ncn2C1CC(COP(=O)(N[C@@H](C)C(=O)OC)Oc2ccc(Br)cc2)C1. The molecule has 35 heavy (non-hydrogen) atoms. The van der Waals surface area contributed by atoms with Crippen LogP contribution in [0, 0.1) is 5.92 Å². The maximum Gasteiger partial charge on any atom is 0.459 e. The summed E-state index contributed by atoms with van der Waals surface area (Å²) >= 11 is 3.35. The largest absolute Gasteiger partial charge is 0.468 e. The molecule has 188 valence electrons. The third-order valence-electron chi connectivity index (χ3n) is 5.71. The fourth-order valence-electron chi connectivity index (χ4n) is 3.83. The number of anilines is 2. The summed E-state index contributed by atoms with van der Waals surface area (Å²) in [6, 6.07) is 6.07. The fourth-order valence-corrected chi connectivity index (χ4v) is 5.66. The molecule has 1 aliphatic rings. The van der Waals surface area contributed by atoms with Crippen molar-refractivity contribution >= 4 is 52.6 Å². The zero-order chi connectivity index (χ0) is 25.2. The summed E-state index contributed by atoms with van der Waals surface area (Å²) in [6.07, 6.45) is 3.24. The molecule has 1 unspecified atom stereocenters. The summed E-state index contributed by atoms with van der Waals surface area (Å²) in [7, 11) is -0.871. The number of carbonyl (C=O) groups is 1. The molecule has 1 aromatic carbocycles. The summed E-state index contributed by atoms with van der Waals surface area (Å²) in [5.74, 6) is 0.626. The number of esters is 1. The Morgan fingerprint density at radius 1 is 1.31 bits per heavy atom. The third kappa shape index (κ3) is 5.75. The molecule has 14 heteroatoms. The van der Waals surface area contributed by atoms with Gasteiger partial charge in [0.05, 0.1) is 20.0 Å². The van der Waals surface area contributed by atoms with Crippen molar-refractivity contribution in [3.05, 3.63) is 35.1 Å². The van der Waals surface area contributed by atoms with E-state index in [0.29, 0.717) is 22.7 Å². The number of hydrogen-bond acceptors (Lipinski definition) is 10. The molecule has 1 fully saturated rings. The van der Waals surface area contributed by atoms with Crippen LogP contribution in [0.4, 0.5) is 11.8 Å². The highest BCUT2D eigenvalue weighted by molar-refractivity contribution is 9.10. The number of carbonyl (C=O) groups excluding carboxylic acids is 1. The van der Waals surface area contributed by atoms with Crippen LogP contribution >= 0.6 is 23.7 Å². The van der Waals surface area contributed by atoms with Gasteiger partial charge in [0.25, 0.3) is 0 Å². The van der Waals surface area contributed by atoms with Crippen LogP contribution in [-0.2, 0) is 18.6 Å². The number of nitrogen functional groups attached to an aromatic ring is 1. The first-order chi connectivity index (χ1) is 16.7. The van der Waals surface area contributed by atoms with Crippen molar-refractivity contribution < 1.29 is 23.1 Å². The topological polar surface area (TPSA) is 156 Å². The molecule has 3 aromatic rings. The number of nitrogens with zero attached hydrogens (tertiary/aromatic N) is 4.